The van der Waals surface area contributed by atoms with Crippen molar-refractivity contribution >= 4 is 43.5 Å². The van der Waals surface area contributed by atoms with Crippen molar-refractivity contribution < 1.29 is 4.79 Å². The molecule has 0 unspecified atom stereocenters. The summed E-state index contributed by atoms with van der Waals surface area (Å²) in [5.74, 6) is -0.111. The highest BCUT2D eigenvalue weighted by Crippen LogP contribution is 2.23. The zero-order valence-corrected chi connectivity index (χ0v) is 11.6. The molecule has 1 aromatic carbocycles. The molecule has 15 heavy (non-hydrogen) atoms. The van der Waals surface area contributed by atoms with Gasteiger partial charge in [0.1, 0.15) is 0 Å². The van der Waals surface area contributed by atoms with Crippen molar-refractivity contribution in [3.63, 3.8) is 0 Å². The number of hydrogen-bond donors (Lipinski definition) is 1. The lowest BCUT2D eigenvalue weighted by molar-refractivity contribution is -0.111. The highest BCUT2D eigenvalue weighted by molar-refractivity contribution is 9.11. The van der Waals surface area contributed by atoms with Gasteiger partial charge in [-0.15, -0.1) is 0 Å². The molecule has 0 aliphatic heterocycles. The molecular formula is C11H11Br2NO. The summed E-state index contributed by atoms with van der Waals surface area (Å²) < 4.78 is 1.84. The second-order valence-corrected chi connectivity index (χ2v) is 5.20. The zero-order chi connectivity index (χ0) is 11.4. The number of carbonyl (C=O) groups is 1. The number of carbonyl (C=O) groups excluding carboxylic acids is 1. The molecule has 1 N–H and O–H groups in total. The van der Waals surface area contributed by atoms with Crippen LogP contribution in [-0.4, -0.2) is 5.91 Å². The van der Waals surface area contributed by atoms with E-state index in [1.165, 1.54) is 0 Å². The van der Waals surface area contributed by atoms with Crippen LogP contribution < -0.4 is 5.32 Å². The molecule has 0 saturated carbocycles. The van der Waals surface area contributed by atoms with Crippen molar-refractivity contribution in [1.29, 1.82) is 0 Å². The normalized spacial score (nSPS) is 9.60. The Bertz CT molecular complexity index is 389. The summed E-state index contributed by atoms with van der Waals surface area (Å²) in [6, 6.07) is 5.61. The molecule has 1 rings (SSSR count). The molecular weight excluding hydrogens is 322 g/mol. The van der Waals surface area contributed by atoms with Gasteiger partial charge in [0.05, 0.1) is 0 Å². The molecule has 0 spiro atoms. The van der Waals surface area contributed by atoms with E-state index < -0.39 is 0 Å². The third kappa shape index (κ3) is 4.62. The van der Waals surface area contributed by atoms with Crippen molar-refractivity contribution in [3.8, 4) is 0 Å². The summed E-state index contributed by atoms with van der Waals surface area (Å²) in [6.45, 7) is 3.77. The number of anilines is 1. The lowest BCUT2D eigenvalue weighted by Crippen LogP contribution is -2.08. The minimum absolute atomic E-state index is 0.111. The summed E-state index contributed by atoms with van der Waals surface area (Å²) >= 11 is 6.71. The Kier molecular flexibility index (Phi) is 4.54. The fourth-order valence-electron chi connectivity index (χ4n) is 1.07. The maximum absolute atomic E-state index is 11.4. The highest BCUT2D eigenvalue weighted by Gasteiger charge is 2.00. The van der Waals surface area contributed by atoms with Gasteiger partial charge in [0.15, 0.2) is 0 Å². The summed E-state index contributed by atoms with van der Waals surface area (Å²) in [7, 11) is 0. The molecule has 0 atom stereocenters. The van der Waals surface area contributed by atoms with Gasteiger partial charge < -0.3 is 5.32 Å². The van der Waals surface area contributed by atoms with E-state index in [1.807, 2.05) is 32.0 Å². The molecule has 1 amide bonds. The quantitative estimate of drug-likeness (QED) is 0.811. The summed E-state index contributed by atoms with van der Waals surface area (Å²) in [4.78, 5) is 11.4. The van der Waals surface area contributed by atoms with Gasteiger partial charge in [0.2, 0.25) is 5.91 Å². The second kappa shape index (κ2) is 5.47. The first-order valence-electron chi connectivity index (χ1n) is 4.39. The first kappa shape index (κ1) is 12.5. The topological polar surface area (TPSA) is 29.1 Å². The van der Waals surface area contributed by atoms with Crippen LogP contribution in [0.25, 0.3) is 0 Å². The van der Waals surface area contributed by atoms with Crippen molar-refractivity contribution in [2.45, 2.75) is 13.8 Å². The van der Waals surface area contributed by atoms with E-state index in [0.29, 0.717) is 0 Å². The number of allylic oxidation sites excluding steroid dienone is 1. The van der Waals surface area contributed by atoms with E-state index in [4.69, 9.17) is 0 Å². The smallest absolute Gasteiger partial charge is 0.248 e. The average Bonchev–Trinajstić information content (AvgIpc) is 1.98. The van der Waals surface area contributed by atoms with Crippen LogP contribution in [0.15, 0.2) is 38.8 Å². The van der Waals surface area contributed by atoms with Crippen LogP contribution >= 0.6 is 31.9 Å². The highest BCUT2D eigenvalue weighted by atomic mass is 79.9. The monoisotopic (exact) mass is 331 g/mol. The third-order valence-electron chi connectivity index (χ3n) is 1.55. The van der Waals surface area contributed by atoms with Crippen LogP contribution in [0, 0.1) is 0 Å². The van der Waals surface area contributed by atoms with Crippen molar-refractivity contribution in [2.24, 2.45) is 0 Å². The van der Waals surface area contributed by atoms with Gasteiger partial charge in [0, 0.05) is 20.7 Å². The Morgan fingerprint density at radius 1 is 1.20 bits per heavy atom. The largest absolute Gasteiger partial charge is 0.322 e. The van der Waals surface area contributed by atoms with Gasteiger partial charge in [-0.2, -0.15) is 0 Å². The first-order valence-corrected chi connectivity index (χ1v) is 5.98. The summed E-state index contributed by atoms with van der Waals surface area (Å²) in [5, 5.41) is 2.78. The molecule has 80 valence electrons. The maximum atomic E-state index is 11.4. The standard InChI is InChI=1S/C11H11Br2NO/c1-7(2)3-11(15)14-10-5-8(12)4-9(13)6-10/h3-6H,1-2H3,(H,14,15). The number of nitrogens with one attached hydrogen (secondary N) is 1. The number of rotatable bonds is 2. The molecule has 0 fully saturated rings. The number of benzene rings is 1. The lowest BCUT2D eigenvalue weighted by atomic mass is 10.3. The van der Waals surface area contributed by atoms with Crippen LogP contribution in [0.5, 0.6) is 0 Å². The van der Waals surface area contributed by atoms with E-state index in [0.717, 1.165) is 20.2 Å². The molecule has 1 aromatic rings. The molecule has 0 radical (unpaired) electrons. The van der Waals surface area contributed by atoms with Gasteiger partial charge in [-0.3, -0.25) is 4.79 Å². The molecule has 0 saturated heterocycles. The van der Waals surface area contributed by atoms with Gasteiger partial charge in [-0.1, -0.05) is 37.4 Å². The minimum Gasteiger partial charge on any atom is -0.322 e. The van der Waals surface area contributed by atoms with E-state index >= 15 is 0 Å². The molecule has 0 heterocycles. The van der Waals surface area contributed by atoms with Gasteiger partial charge in [0.25, 0.3) is 0 Å². The Hall–Kier alpha value is -0.610. The average molecular weight is 333 g/mol. The van der Waals surface area contributed by atoms with Gasteiger partial charge >= 0.3 is 0 Å². The van der Waals surface area contributed by atoms with Crippen molar-refractivity contribution in [3.05, 3.63) is 38.8 Å². The van der Waals surface area contributed by atoms with Crippen LogP contribution in [0.4, 0.5) is 5.69 Å². The maximum Gasteiger partial charge on any atom is 0.248 e. The predicted molar refractivity (Wildman–Crippen MR) is 69.9 cm³/mol. The Balaban J connectivity index is 2.81. The molecule has 0 aromatic heterocycles. The van der Waals surface area contributed by atoms with E-state index in [9.17, 15) is 4.79 Å². The Labute approximate surface area is 106 Å². The summed E-state index contributed by atoms with van der Waals surface area (Å²) in [6.07, 6.45) is 1.56. The van der Waals surface area contributed by atoms with Crippen molar-refractivity contribution in [2.75, 3.05) is 5.32 Å². The molecule has 0 bridgehead atoms. The SMILES string of the molecule is CC(C)=CC(=O)Nc1cc(Br)cc(Br)c1. The second-order valence-electron chi connectivity index (χ2n) is 3.37. The lowest BCUT2D eigenvalue weighted by Gasteiger charge is -2.04. The number of amides is 1. The minimum atomic E-state index is -0.111. The predicted octanol–water partition coefficient (Wildman–Crippen LogP) is 4.12. The fourth-order valence-corrected chi connectivity index (χ4v) is 2.36. The van der Waals surface area contributed by atoms with Gasteiger partial charge in [-0.25, -0.2) is 0 Å². The number of halogens is 2. The molecule has 0 aliphatic rings. The van der Waals surface area contributed by atoms with Crippen LogP contribution in [0.1, 0.15) is 13.8 Å². The Morgan fingerprint density at radius 2 is 1.73 bits per heavy atom. The Morgan fingerprint density at radius 3 is 2.20 bits per heavy atom. The third-order valence-corrected chi connectivity index (χ3v) is 2.47. The zero-order valence-electron chi connectivity index (χ0n) is 8.47. The summed E-state index contributed by atoms with van der Waals surface area (Å²) in [5.41, 5.74) is 1.74. The van der Waals surface area contributed by atoms with Crippen molar-refractivity contribution in [1.82, 2.24) is 0 Å². The molecule has 2 nitrogen and oxygen atoms in total. The first-order chi connectivity index (χ1) is 6.97. The van der Waals surface area contributed by atoms with E-state index in [-0.39, 0.29) is 5.91 Å². The van der Waals surface area contributed by atoms with Crippen LogP contribution in [0.3, 0.4) is 0 Å². The van der Waals surface area contributed by atoms with Crippen LogP contribution in [-0.2, 0) is 4.79 Å². The van der Waals surface area contributed by atoms with Crippen LogP contribution in [0.2, 0.25) is 0 Å². The van der Waals surface area contributed by atoms with Gasteiger partial charge in [-0.05, 0) is 32.0 Å². The van der Waals surface area contributed by atoms with E-state index in [1.54, 1.807) is 6.08 Å². The fraction of sp³-hybridized carbons (Fsp3) is 0.182. The van der Waals surface area contributed by atoms with E-state index in [2.05, 4.69) is 37.2 Å². The number of hydrogen-bond acceptors (Lipinski definition) is 1. The molecule has 0 aliphatic carbocycles. The molecule has 4 heteroatoms.